The number of nitrogens with zero attached hydrogens (tertiary/aromatic N) is 1. The molecule has 0 heterocycles. The topological polar surface area (TPSA) is 32.3 Å². The second kappa shape index (κ2) is 8.56. The molecule has 5 heteroatoms. The number of benzene rings is 1. The second-order valence-corrected chi connectivity index (χ2v) is 5.50. The smallest absolute Gasteiger partial charge is 0.223 e. The molecule has 0 aliphatic rings. The van der Waals surface area contributed by atoms with Crippen LogP contribution in [0.4, 0.5) is 0 Å². The third kappa shape index (κ3) is 5.51. The normalized spacial score (nSPS) is 10.5. The van der Waals surface area contributed by atoms with Gasteiger partial charge in [-0.25, -0.2) is 0 Å². The zero-order valence-corrected chi connectivity index (χ0v) is 13.7. The van der Waals surface area contributed by atoms with Gasteiger partial charge in [0.25, 0.3) is 0 Å². The van der Waals surface area contributed by atoms with E-state index in [-0.39, 0.29) is 5.91 Å². The van der Waals surface area contributed by atoms with Crippen molar-refractivity contribution >= 4 is 33.4 Å². The van der Waals surface area contributed by atoms with E-state index in [0.717, 1.165) is 29.7 Å². The van der Waals surface area contributed by atoms with Crippen LogP contribution in [-0.4, -0.2) is 30.4 Å². The molecule has 106 valence electrons. The third-order valence-electron chi connectivity index (χ3n) is 2.94. The average Bonchev–Trinajstić information content (AvgIpc) is 2.40. The number of hydrogen-bond donors (Lipinski definition) is 1. The zero-order chi connectivity index (χ0) is 14.3. The average molecular weight is 348 g/mol. The van der Waals surface area contributed by atoms with Gasteiger partial charge in [-0.1, -0.05) is 17.7 Å². The maximum absolute atomic E-state index is 11.8. The van der Waals surface area contributed by atoms with Crippen LogP contribution in [0, 0.1) is 0 Å². The van der Waals surface area contributed by atoms with Gasteiger partial charge in [-0.2, -0.15) is 0 Å². The van der Waals surface area contributed by atoms with Crippen LogP contribution < -0.4 is 5.32 Å². The highest BCUT2D eigenvalue weighted by molar-refractivity contribution is 9.10. The molecule has 0 bridgehead atoms. The van der Waals surface area contributed by atoms with Crippen LogP contribution in [-0.2, 0) is 11.3 Å². The Bertz CT molecular complexity index is 422. The fraction of sp³-hybridized carbons (Fsp3) is 0.500. The van der Waals surface area contributed by atoms with Crippen LogP contribution in [0.15, 0.2) is 22.7 Å². The van der Waals surface area contributed by atoms with Gasteiger partial charge < -0.3 is 10.2 Å². The summed E-state index contributed by atoms with van der Waals surface area (Å²) in [7, 11) is 0. The lowest BCUT2D eigenvalue weighted by Crippen LogP contribution is -2.32. The SMILES string of the molecule is CCN(CC)C(=O)CCNCc1ccc(Br)c(Cl)c1. The lowest BCUT2D eigenvalue weighted by molar-refractivity contribution is -0.130. The van der Waals surface area contributed by atoms with Crippen LogP contribution in [0.3, 0.4) is 0 Å². The number of hydrogen-bond acceptors (Lipinski definition) is 2. The van der Waals surface area contributed by atoms with Crippen LogP contribution in [0.5, 0.6) is 0 Å². The van der Waals surface area contributed by atoms with Crippen molar-refractivity contribution in [1.82, 2.24) is 10.2 Å². The van der Waals surface area contributed by atoms with Gasteiger partial charge in [0.1, 0.15) is 0 Å². The van der Waals surface area contributed by atoms with Gasteiger partial charge in [0.2, 0.25) is 5.91 Å². The highest BCUT2D eigenvalue weighted by Crippen LogP contribution is 2.22. The maximum atomic E-state index is 11.8. The van der Waals surface area contributed by atoms with E-state index in [9.17, 15) is 4.79 Å². The van der Waals surface area contributed by atoms with E-state index in [1.807, 2.05) is 36.9 Å². The summed E-state index contributed by atoms with van der Waals surface area (Å²) in [6.07, 6.45) is 0.534. The van der Waals surface area contributed by atoms with Crippen LogP contribution >= 0.6 is 27.5 Å². The number of amides is 1. The van der Waals surface area contributed by atoms with Gasteiger partial charge in [0.15, 0.2) is 0 Å². The maximum Gasteiger partial charge on any atom is 0.223 e. The number of carbonyl (C=O) groups is 1. The molecule has 0 unspecified atom stereocenters. The minimum Gasteiger partial charge on any atom is -0.343 e. The highest BCUT2D eigenvalue weighted by Gasteiger charge is 2.08. The minimum atomic E-state index is 0.200. The van der Waals surface area contributed by atoms with Crippen LogP contribution in [0.1, 0.15) is 25.8 Å². The molecule has 0 atom stereocenters. The van der Waals surface area contributed by atoms with Crippen molar-refractivity contribution in [2.45, 2.75) is 26.8 Å². The van der Waals surface area contributed by atoms with Gasteiger partial charge in [-0.15, -0.1) is 0 Å². The lowest BCUT2D eigenvalue weighted by Gasteiger charge is -2.18. The largest absolute Gasteiger partial charge is 0.343 e. The molecular formula is C14H20BrClN2O. The second-order valence-electron chi connectivity index (χ2n) is 4.24. The summed E-state index contributed by atoms with van der Waals surface area (Å²) in [6.45, 7) is 6.95. The molecule has 0 aliphatic carbocycles. The Morgan fingerprint density at radius 3 is 2.63 bits per heavy atom. The first-order valence-corrected chi connectivity index (χ1v) is 7.68. The Balaban J connectivity index is 2.31. The van der Waals surface area contributed by atoms with E-state index in [0.29, 0.717) is 18.0 Å². The molecule has 1 aromatic carbocycles. The first-order valence-electron chi connectivity index (χ1n) is 6.50. The zero-order valence-electron chi connectivity index (χ0n) is 11.4. The van der Waals surface area contributed by atoms with E-state index in [1.54, 1.807) is 0 Å². The summed E-state index contributed by atoms with van der Waals surface area (Å²) >= 11 is 9.38. The Labute approximate surface area is 128 Å². The Hall–Kier alpha value is -0.580. The molecule has 1 rings (SSSR count). The van der Waals surface area contributed by atoms with Gasteiger partial charge in [0, 0.05) is 37.1 Å². The van der Waals surface area contributed by atoms with E-state index in [1.165, 1.54) is 0 Å². The van der Waals surface area contributed by atoms with Crippen LogP contribution in [0.2, 0.25) is 5.02 Å². The van der Waals surface area contributed by atoms with Crippen molar-refractivity contribution in [2.75, 3.05) is 19.6 Å². The van der Waals surface area contributed by atoms with Gasteiger partial charge in [-0.05, 0) is 47.5 Å². The number of rotatable bonds is 7. The molecule has 0 radical (unpaired) electrons. The van der Waals surface area contributed by atoms with Crippen molar-refractivity contribution in [3.8, 4) is 0 Å². The fourth-order valence-corrected chi connectivity index (χ4v) is 2.26. The minimum absolute atomic E-state index is 0.200. The molecule has 0 aliphatic heterocycles. The van der Waals surface area contributed by atoms with E-state index < -0.39 is 0 Å². The van der Waals surface area contributed by atoms with E-state index >= 15 is 0 Å². The van der Waals surface area contributed by atoms with Crippen molar-refractivity contribution in [3.63, 3.8) is 0 Å². The number of carbonyl (C=O) groups excluding carboxylic acids is 1. The molecule has 0 spiro atoms. The number of halogens is 2. The first-order chi connectivity index (χ1) is 9.08. The lowest BCUT2D eigenvalue weighted by atomic mass is 10.2. The first kappa shape index (κ1) is 16.5. The molecular weight excluding hydrogens is 328 g/mol. The van der Waals surface area contributed by atoms with Crippen molar-refractivity contribution in [1.29, 1.82) is 0 Å². The standard InChI is InChI=1S/C14H20BrClN2O/c1-3-18(4-2)14(19)7-8-17-10-11-5-6-12(15)13(16)9-11/h5-6,9,17H,3-4,7-8,10H2,1-2H3. The Morgan fingerprint density at radius 2 is 2.05 bits per heavy atom. The Morgan fingerprint density at radius 1 is 1.37 bits per heavy atom. The highest BCUT2D eigenvalue weighted by atomic mass is 79.9. The molecule has 0 saturated heterocycles. The molecule has 3 nitrogen and oxygen atoms in total. The van der Waals surface area contributed by atoms with Gasteiger partial charge in [0.05, 0.1) is 5.02 Å². The number of nitrogens with one attached hydrogen (secondary N) is 1. The summed E-state index contributed by atoms with van der Waals surface area (Å²) < 4.78 is 0.898. The third-order valence-corrected chi connectivity index (χ3v) is 4.18. The molecule has 0 fully saturated rings. The molecule has 1 aromatic rings. The Kier molecular flexibility index (Phi) is 7.42. The van der Waals surface area contributed by atoms with E-state index in [4.69, 9.17) is 11.6 Å². The van der Waals surface area contributed by atoms with Crippen LogP contribution in [0.25, 0.3) is 0 Å². The van der Waals surface area contributed by atoms with E-state index in [2.05, 4.69) is 21.2 Å². The van der Waals surface area contributed by atoms with Crippen molar-refractivity contribution in [3.05, 3.63) is 33.3 Å². The summed E-state index contributed by atoms with van der Waals surface area (Å²) in [5.74, 6) is 0.200. The summed E-state index contributed by atoms with van der Waals surface area (Å²) in [4.78, 5) is 13.6. The van der Waals surface area contributed by atoms with Crippen molar-refractivity contribution in [2.24, 2.45) is 0 Å². The predicted octanol–water partition coefficient (Wildman–Crippen LogP) is 3.45. The summed E-state index contributed by atoms with van der Waals surface area (Å²) in [6, 6.07) is 5.86. The monoisotopic (exact) mass is 346 g/mol. The fourth-order valence-electron chi connectivity index (χ4n) is 1.81. The molecule has 0 aromatic heterocycles. The molecule has 1 amide bonds. The molecule has 0 saturated carbocycles. The van der Waals surface area contributed by atoms with Gasteiger partial charge >= 0.3 is 0 Å². The molecule has 1 N–H and O–H groups in total. The summed E-state index contributed by atoms with van der Waals surface area (Å²) in [5.41, 5.74) is 1.11. The summed E-state index contributed by atoms with van der Waals surface area (Å²) in [5, 5.41) is 3.97. The van der Waals surface area contributed by atoms with Gasteiger partial charge in [-0.3, -0.25) is 4.79 Å². The predicted molar refractivity (Wildman–Crippen MR) is 83.4 cm³/mol. The quantitative estimate of drug-likeness (QED) is 0.766. The van der Waals surface area contributed by atoms with Crippen molar-refractivity contribution < 1.29 is 4.79 Å². The molecule has 19 heavy (non-hydrogen) atoms.